The Kier molecular flexibility index (Phi) is 3.32. The van der Waals surface area contributed by atoms with Crippen LogP contribution in [0.3, 0.4) is 0 Å². The molecule has 0 unspecified atom stereocenters. The van der Waals surface area contributed by atoms with Gasteiger partial charge in [0.15, 0.2) is 10.8 Å². The highest BCUT2D eigenvalue weighted by atomic mass is 35.5. The quantitative estimate of drug-likeness (QED) is 0.872. The second kappa shape index (κ2) is 5.19. The van der Waals surface area contributed by atoms with Crippen molar-refractivity contribution in [3.05, 3.63) is 17.8 Å². The highest BCUT2D eigenvalue weighted by Gasteiger charge is 2.48. The van der Waals surface area contributed by atoms with Gasteiger partial charge in [-0.3, -0.25) is 0 Å². The van der Waals surface area contributed by atoms with E-state index in [0.717, 1.165) is 18.5 Å². The van der Waals surface area contributed by atoms with Crippen LogP contribution in [0.2, 0.25) is 5.15 Å². The van der Waals surface area contributed by atoms with Crippen molar-refractivity contribution in [3.63, 3.8) is 0 Å². The third kappa shape index (κ3) is 2.13. The summed E-state index contributed by atoms with van der Waals surface area (Å²) in [5.74, 6) is 1.16. The van der Waals surface area contributed by atoms with Crippen molar-refractivity contribution in [1.82, 2.24) is 19.5 Å². The third-order valence-corrected chi connectivity index (χ3v) is 5.09. The lowest BCUT2D eigenvalue weighted by Crippen LogP contribution is -2.30. The molecule has 2 aliphatic carbocycles. The van der Waals surface area contributed by atoms with Crippen molar-refractivity contribution in [2.75, 3.05) is 13.2 Å². The average molecular weight is 309 g/mol. The van der Waals surface area contributed by atoms with Crippen molar-refractivity contribution >= 4 is 22.8 Å². The molecule has 6 nitrogen and oxygen atoms in total. The summed E-state index contributed by atoms with van der Waals surface area (Å²) in [6.07, 6.45) is 6.95. The van der Waals surface area contributed by atoms with Crippen molar-refractivity contribution in [2.45, 2.75) is 31.4 Å². The minimum Gasteiger partial charge on any atom is -0.394 e. The Bertz CT molecular complexity index is 661. The van der Waals surface area contributed by atoms with Crippen LogP contribution in [0, 0.1) is 11.8 Å². The molecule has 2 saturated carbocycles. The van der Waals surface area contributed by atoms with Crippen molar-refractivity contribution in [3.8, 4) is 0 Å². The zero-order chi connectivity index (χ0) is 14.4. The van der Waals surface area contributed by atoms with E-state index in [1.54, 1.807) is 0 Å². The zero-order valence-corrected chi connectivity index (χ0v) is 12.3. The number of imidazole rings is 1. The van der Waals surface area contributed by atoms with Gasteiger partial charge in [-0.15, -0.1) is 0 Å². The molecule has 0 aromatic carbocycles. The van der Waals surface area contributed by atoms with Crippen LogP contribution >= 0.6 is 11.6 Å². The monoisotopic (exact) mass is 308 g/mol. The lowest BCUT2D eigenvalue weighted by molar-refractivity contribution is -0.0140. The summed E-state index contributed by atoms with van der Waals surface area (Å²) < 4.78 is 7.93. The number of hydrogen-bond donors (Lipinski definition) is 1. The maximum absolute atomic E-state index is 8.95. The molecule has 112 valence electrons. The number of rotatable bonds is 4. The molecular weight excluding hydrogens is 292 g/mol. The van der Waals surface area contributed by atoms with Gasteiger partial charge in [0.2, 0.25) is 0 Å². The zero-order valence-electron chi connectivity index (χ0n) is 11.5. The highest BCUT2D eigenvalue weighted by Crippen LogP contribution is 2.52. The molecule has 2 aliphatic rings. The van der Waals surface area contributed by atoms with Gasteiger partial charge in [0.1, 0.15) is 11.8 Å². The summed E-state index contributed by atoms with van der Waals surface area (Å²) >= 11 is 6.07. The molecule has 2 aromatic rings. The topological polar surface area (TPSA) is 73.1 Å². The SMILES string of the molecule is OCCO[C@H]1C[C@H]2C[C@@H]1[C@H](n1cnc3c(Cl)ncnc31)C2. The van der Waals surface area contributed by atoms with Crippen LogP contribution in [0.1, 0.15) is 25.3 Å². The summed E-state index contributed by atoms with van der Waals surface area (Å²) in [7, 11) is 0. The van der Waals surface area contributed by atoms with E-state index in [1.807, 2.05) is 6.33 Å². The van der Waals surface area contributed by atoms with Gasteiger partial charge in [0.25, 0.3) is 0 Å². The highest BCUT2D eigenvalue weighted by molar-refractivity contribution is 6.33. The van der Waals surface area contributed by atoms with E-state index < -0.39 is 0 Å². The molecule has 0 amide bonds. The number of aliphatic hydroxyl groups is 1. The number of hydrogen-bond acceptors (Lipinski definition) is 5. The lowest BCUT2D eigenvalue weighted by atomic mass is 9.92. The molecular formula is C14H17ClN4O2. The summed E-state index contributed by atoms with van der Waals surface area (Å²) in [4.78, 5) is 12.7. The number of halogens is 1. The Balaban J connectivity index is 1.65. The van der Waals surface area contributed by atoms with Gasteiger partial charge in [-0.1, -0.05) is 11.6 Å². The second-order valence-corrected chi connectivity index (χ2v) is 6.28. The van der Waals surface area contributed by atoms with Crippen LogP contribution in [-0.4, -0.2) is 43.9 Å². The lowest BCUT2D eigenvalue weighted by Gasteiger charge is -2.30. The van der Waals surface area contributed by atoms with Gasteiger partial charge < -0.3 is 14.4 Å². The van der Waals surface area contributed by atoms with Crippen molar-refractivity contribution < 1.29 is 9.84 Å². The fraction of sp³-hybridized carbons (Fsp3) is 0.643. The summed E-state index contributed by atoms with van der Waals surface area (Å²) in [5, 5.41) is 9.34. The minimum absolute atomic E-state index is 0.0788. The molecule has 4 atom stereocenters. The minimum atomic E-state index is 0.0788. The van der Waals surface area contributed by atoms with E-state index in [4.69, 9.17) is 21.4 Å². The van der Waals surface area contributed by atoms with Crippen molar-refractivity contribution in [1.29, 1.82) is 0 Å². The summed E-state index contributed by atoms with van der Waals surface area (Å²) in [5.41, 5.74) is 1.46. The Morgan fingerprint density at radius 3 is 3.00 bits per heavy atom. The van der Waals surface area contributed by atoms with E-state index >= 15 is 0 Å². The molecule has 0 aliphatic heterocycles. The van der Waals surface area contributed by atoms with Crippen LogP contribution in [0.4, 0.5) is 0 Å². The fourth-order valence-corrected chi connectivity index (χ4v) is 4.21. The average Bonchev–Trinajstić information content (AvgIpc) is 3.18. The molecule has 1 N–H and O–H groups in total. The third-order valence-electron chi connectivity index (χ3n) is 4.81. The number of aromatic nitrogens is 4. The van der Waals surface area contributed by atoms with E-state index in [0.29, 0.717) is 35.2 Å². The second-order valence-electron chi connectivity index (χ2n) is 5.93. The maximum Gasteiger partial charge on any atom is 0.165 e. The predicted molar refractivity (Wildman–Crippen MR) is 77.0 cm³/mol. The van der Waals surface area contributed by atoms with Gasteiger partial charge in [-0.2, -0.15) is 0 Å². The number of nitrogens with zero attached hydrogens (tertiary/aromatic N) is 4. The summed E-state index contributed by atoms with van der Waals surface area (Å²) in [6, 6.07) is 0.350. The normalized spacial score (nSPS) is 31.3. The molecule has 2 bridgehead atoms. The Hall–Kier alpha value is -1.24. The number of fused-ring (bicyclic) bond motifs is 3. The molecule has 2 aromatic heterocycles. The Morgan fingerprint density at radius 1 is 1.29 bits per heavy atom. The molecule has 2 fully saturated rings. The van der Waals surface area contributed by atoms with Crippen LogP contribution < -0.4 is 0 Å². The molecule has 21 heavy (non-hydrogen) atoms. The van der Waals surface area contributed by atoms with Crippen LogP contribution in [0.5, 0.6) is 0 Å². The molecule has 2 heterocycles. The molecule has 0 spiro atoms. The van der Waals surface area contributed by atoms with E-state index in [9.17, 15) is 0 Å². The van der Waals surface area contributed by atoms with Crippen LogP contribution in [0.15, 0.2) is 12.7 Å². The van der Waals surface area contributed by atoms with E-state index in [1.165, 1.54) is 12.7 Å². The first kappa shape index (κ1) is 13.4. The molecule has 7 heteroatoms. The Morgan fingerprint density at radius 2 is 2.19 bits per heavy atom. The van der Waals surface area contributed by atoms with Gasteiger partial charge in [-0.05, 0) is 25.2 Å². The standard InChI is InChI=1S/C14H17ClN4O2/c15-13-12-14(17-6-16-13)19(7-18-12)10-4-8-3-9(10)11(5-8)21-2-1-20/h6-11,20H,1-5H2/t8-,9+,10+,11-/m0/s1. The molecule has 0 radical (unpaired) electrons. The Labute approximate surface area is 127 Å². The van der Waals surface area contributed by atoms with Gasteiger partial charge in [0.05, 0.1) is 25.6 Å². The maximum atomic E-state index is 8.95. The largest absolute Gasteiger partial charge is 0.394 e. The van der Waals surface area contributed by atoms with Crippen molar-refractivity contribution in [2.24, 2.45) is 11.8 Å². The fourth-order valence-electron chi connectivity index (χ4n) is 4.03. The number of ether oxygens (including phenoxy) is 1. The molecule has 0 saturated heterocycles. The predicted octanol–water partition coefficient (Wildman–Crippen LogP) is 1.83. The first-order chi connectivity index (χ1) is 10.3. The smallest absolute Gasteiger partial charge is 0.165 e. The van der Waals surface area contributed by atoms with E-state index in [2.05, 4.69) is 19.5 Å². The number of aliphatic hydroxyl groups excluding tert-OH is 1. The van der Waals surface area contributed by atoms with Gasteiger partial charge in [0, 0.05) is 12.0 Å². The first-order valence-electron chi connectivity index (χ1n) is 7.33. The van der Waals surface area contributed by atoms with Gasteiger partial charge >= 0.3 is 0 Å². The molecule has 4 rings (SSSR count). The van der Waals surface area contributed by atoms with Gasteiger partial charge in [-0.25, -0.2) is 15.0 Å². The van der Waals surface area contributed by atoms with Crippen LogP contribution in [0.25, 0.3) is 11.2 Å². The summed E-state index contributed by atoms with van der Waals surface area (Å²) in [6.45, 7) is 0.495. The first-order valence-corrected chi connectivity index (χ1v) is 7.71. The van der Waals surface area contributed by atoms with E-state index in [-0.39, 0.29) is 12.7 Å². The van der Waals surface area contributed by atoms with Crippen LogP contribution in [-0.2, 0) is 4.74 Å².